The lowest BCUT2D eigenvalue weighted by Crippen LogP contribution is -2.03. The number of sulfone groups is 1. The van der Waals surface area contributed by atoms with E-state index in [2.05, 4.69) is 0 Å². The van der Waals surface area contributed by atoms with Gasteiger partial charge in [-0.15, -0.1) is 0 Å². The molecule has 0 atom stereocenters. The summed E-state index contributed by atoms with van der Waals surface area (Å²) in [6, 6.07) is 26.4. The van der Waals surface area contributed by atoms with E-state index in [1.165, 1.54) is 18.2 Å². The Labute approximate surface area is 158 Å². The molecule has 0 amide bonds. The lowest BCUT2D eigenvalue weighted by atomic mass is 10.2. The molecule has 0 aliphatic rings. The number of hydrogen-bond acceptors (Lipinski definition) is 4. The number of rotatable bonds is 6. The Hall–Kier alpha value is -3.36. The first-order valence-electron chi connectivity index (χ1n) is 8.28. The maximum atomic E-state index is 12.6. The molecule has 0 saturated carbocycles. The number of nitriles is 1. The van der Waals surface area contributed by atoms with Gasteiger partial charge in [0, 0.05) is 0 Å². The fourth-order valence-electron chi connectivity index (χ4n) is 2.45. The van der Waals surface area contributed by atoms with Gasteiger partial charge in [-0.1, -0.05) is 60.7 Å². The maximum Gasteiger partial charge on any atom is 0.216 e. The molecule has 0 unspecified atom stereocenters. The van der Waals surface area contributed by atoms with Gasteiger partial charge in [-0.05, 0) is 41.5 Å². The SMILES string of the molecule is N#C/C(=C\c1ccc(OCc2ccccc2)cc1)S(=O)(=O)c1ccccc1. The molecule has 0 N–H and O–H groups in total. The van der Waals surface area contributed by atoms with E-state index in [1.807, 2.05) is 30.3 Å². The van der Waals surface area contributed by atoms with Crippen LogP contribution in [0.1, 0.15) is 11.1 Å². The second-order valence-corrected chi connectivity index (χ2v) is 7.70. The second kappa shape index (κ2) is 8.35. The highest BCUT2D eigenvalue weighted by Gasteiger charge is 2.20. The van der Waals surface area contributed by atoms with Crippen molar-refractivity contribution in [2.45, 2.75) is 11.5 Å². The number of nitrogens with zero attached hydrogens (tertiary/aromatic N) is 1. The van der Waals surface area contributed by atoms with Crippen LogP contribution in [0.3, 0.4) is 0 Å². The third kappa shape index (κ3) is 4.63. The molecule has 0 heterocycles. The molecule has 134 valence electrons. The molecule has 3 rings (SSSR count). The monoisotopic (exact) mass is 375 g/mol. The second-order valence-electron chi connectivity index (χ2n) is 5.78. The topological polar surface area (TPSA) is 67.2 Å². The van der Waals surface area contributed by atoms with E-state index in [9.17, 15) is 13.7 Å². The van der Waals surface area contributed by atoms with Gasteiger partial charge in [0.2, 0.25) is 9.84 Å². The van der Waals surface area contributed by atoms with Gasteiger partial charge in [0.15, 0.2) is 0 Å². The molecule has 0 aliphatic heterocycles. The standard InChI is InChI=1S/C22H17NO3S/c23-16-22(27(24,25)21-9-5-2-6-10-21)15-18-11-13-20(14-12-18)26-17-19-7-3-1-4-8-19/h1-15H,17H2/b22-15+. The number of allylic oxidation sites excluding steroid dienone is 1. The fraction of sp³-hybridized carbons (Fsp3) is 0.0455. The van der Waals surface area contributed by atoms with E-state index in [0.717, 1.165) is 5.56 Å². The normalized spacial score (nSPS) is 11.6. The third-order valence-electron chi connectivity index (χ3n) is 3.88. The smallest absolute Gasteiger partial charge is 0.216 e. The number of benzene rings is 3. The predicted octanol–water partition coefficient (Wildman–Crippen LogP) is 4.60. The van der Waals surface area contributed by atoms with Crippen molar-refractivity contribution in [3.05, 3.63) is 101 Å². The Balaban J connectivity index is 1.77. The predicted molar refractivity (Wildman–Crippen MR) is 104 cm³/mol. The molecule has 4 nitrogen and oxygen atoms in total. The summed E-state index contributed by atoms with van der Waals surface area (Å²) >= 11 is 0. The van der Waals surface area contributed by atoms with E-state index in [-0.39, 0.29) is 9.80 Å². The highest BCUT2D eigenvalue weighted by atomic mass is 32.2. The van der Waals surface area contributed by atoms with Gasteiger partial charge in [-0.2, -0.15) is 5.26 Å². The van der Waals surface area contributed by atoms with Crippen molar-refractivity contribution in [1.29, 1.82) is 5.26 Å². The fourth-order valence-corrected chi connectivity index (χ4v) is 3.63. The summed E-state index contributed by atoms with van der Waals surface area (Å²) in [5, 5.41) is 9.33. The summed E-state index contributed by atoms with van der Waals surface area (Å²) in [6.07, 6.45) is 1.36. The zero-order valence-corrected chi connectivity index (χ0v) is 15.3. The summed E-state index contributed by atoms with van der Waals surface area (Å²) in [5.74, 6) is 0.667. The summed E-state index contributed by atoms with van der Waals surface area (Å²) in [7, 11) is -3.84. The molecule has 3 aromatic rings. The van der Waals surface area contributed by atoms with Crippen molar-refractivity contribution in [2.24, 2.45) is 0 Å². The molecule has 0 aromatic heterocycles. The van der Waals surface area contributed by atoms with Gasteiger partial charge >= 0.3 is 0 Å². The zero-order chi connectivity index (χ0) is 19.1. The number of hydrogen-bond donors (Lipinski definition) is 0. The highest BCUT2D eigenvalue weighted by Crippen LogP contribution is 2.22. The van der Waals surface area contributed by atoms with Gasteiger partial charge in [-0.25, -0.2) is 8.42 Å². The van der Waals surface area contributed by atoms with Crippen LogP contribution in [0.4, 0.5) is 0 Å². The molecular weight excluding hydrogens is 358 g/mol. The van der Waals surface area contributed by atoms with Crippen LogP contribution in [0, 0.1) is 11.3 Å². The lowest BCUT2D eigenvalue weighted by molar-refractivity contribution is 0.306. The van der Waals surface area contributed by atoms with Crippen molar-refractivity contribution in [3.8, 4) is 11.8 Å². The summed E-state index contributed by atoms with van der Waals surface area (Å²) in [5.41, 5.74) is 1.67. The number of ether oxygens (including phenoxy) is 1. The van der Waals surface area contributed by atoms with Crippen LogP contribution in [0.2, 0.25) is 0 Å². The first-order chi connectivity index (χ1) is 13.1. The highest BCUT2D eigenvalue weighted by molar-refractivity contribution is 7.95. The third-order valence-corrected chi connectivity index (χ3v) is 5.56. The Morgan fingerprint density at radius 3 is 2.07 bits per heavy atom. The van der Waals surface area contributed by atoms with Gasteiger partial charge in [0.25, 0.3) is 0 Å². The molecule has 0 radical (unpaired) electrons. The average molecular weight is 375 g/mol. The van der Waals surface area contributed by atoms with Crippen molar-refractivity contribution < 1.29 is 13.2 Å². The van der Waals surface area contributed by atoms with Crippen LogP contribution >= 0.6 is 0 Å². The minimum absolute atomic E-state index is 0.0978. The molecule has 0 saturated heterocycles. The molecule has 27 heavy (non-hydrogen) atoms. The molecule has 3 aromatic carbocycles. The minimum Gasteiger partial charge on any atom is -0.489 e. The first kappa shape index (κ1) is 18.4. The Bertz CT molecular complexity index is 1070. The molecule has 0 fully saturated rings. The molecule has 5 heteroatoms. The van der Waals surface area contributed by atoms with Crippen LogP contribution in [-0.4, -0.2) is 8.42 Å². The van der Waals surface area contributed by atoms with Crippen LogP contribution in [0.25, 0.3) is 6.08 Å². The van der Waals surface area contributed by atoms with Crippen molar-refractivity contribution in [1.82, 2.24) is 0 Å². The quantitative estimate of drug-likeness (QED) is 0.590. The van der Waals surface area contributed by atoms with E-state index in [4.69, 9.17) is 4.74 Å². The largest absolute Gasteiger partial charge is 0.489 e. The summed E-state index contributed by atoms with van der Waals surface area (Å²) in [6.45, 7) is 0.446. The van der Waals surface area contributed by atoms with Crippen molar-refractivity contribution >= 4 is 15.9 Å². The summed E-state index contributed by atoms with van der Waals surface area (Å²) in [4.78, 5) is -0.202. The van der Waals surface area contributed by atoms with Gasteiger partial charge in [0.1, 0.15) is 23.3 Å². The molecule has 0 spiro atoms. The average Bonchev–Trinajstić information content (AvgIpc) is 2.72. The molecular formula is C22H17NO3S. The van der Waals surface area contributed by atoms with E-state index in [1.54, 1.807) is 48.5 Å². The molecule has 0 bridgehead atoms. The van der Waals surface area contributed by atoms with Crippen LogP contribution < -0.4 is 4.74 Å². The molecule has 0 aliphatic carbocycles. The van der Waals surface area contributed by atoms with Crippen LogP contribution in [-0.2, 0) is 16.4 Å². The van der Waals surface area contributed by atoms with Crippen molar-refractivity contribution in [3.63, 3.8) is 0 Å². The Morgan fingerprint density at radius 2 is 1.48 bits per heavy atom. The Morgan fingerprint density at radius 1 is 0.889 bits per heavy atom. The van der Waals surface area contributed by atoms with E-state index in [0.29, 0.717) is 17.9 Å². The van der Waals surface area contributed by atoms with Crippen LogP contribution in [0.5, 0.6) is 5.75 Å². The van der Waals surface area contributed by atoms with Gasteiger partial charge in [0.05, 0.1) is 4.90 Å². The van der Waals surface area contributed by atoms with Crippen molar-refractivity contribution in [2.75, 3.05) is 0 Å². The van der Waals surface area contributed by atoms with Gasteiger partial charge < -0.3 is 4.74 Å². The maximum absolute atomic E-state index is 12.6. The minimum atomic E-state index is -3.84. The Kier molecular flexibility index (Phi) is 5.70. The lowest BCUT2D eigenvalue weighted by Gasteiger charge is -2.07. The van der Waals surface area contributed by atoms with E-state index >= 15 is 0 Å². The first-order valence-corrected chi connectivity index (χ1v) is 9.76. The summed E-state index contributed by atoms with van der Waals surface area (Å²) < 4.78 is 30.9. The van der Waals surface area contributed by atoms with E-state index < -0.39 is 9.84 Å². The van der Waals surface area contributed by atoms with Gasteiger partial charge in [-0.3, -0.25) is 0 Å². The zero-order valence-electron chi connectivity index (χ0n) is 14.4. The van der Waals surface area contributed by atoms with Crippen LogP contribution in [0.15, 0.2) is 94.7 Å².